The van der Waals surface area contributed by atoms with Crippen LogP contribution in [0.4, 0.5) is 8.78 Å². The van der Waals surface area contributed by atoms with E-state index in [4.69, 9.17) is 16.7 Å². The molecule has 8 heteroatoms. The van der Waals surface area contributed by atoms with Crippen LogP contribution >= 0.6 is 11.6 Å². The topological polar surface area (TPSA) is 79.5 Å². The largest absolute Gasteiger partial charge is 0.506 e. The van der Waals surface area contributed by atoms with Crippen LogP contribution in [0.5, 0.6) is 5.75 Å². The van der Waals surface area contributed by atoms with Crippen LogP contribution in [0, 0.1) is 6.92 Å². The highest BCUT2D eigenvalue weighted by atomic mass is 35.5. The summed E-state index contributed by atoms with van der Waals surface area (Å²) in [4.78, 5) is 24.2. The van der Waals surface area contributed by atoms with Crippen molar-refractivity contribution in [3.8, 4) is 5.75 Å². The number of hydrogen-bond acceptors (Lipinski definition) is 3. The van der Waals surface area contributed by atoms with Gasteiger partial charge in [-0.1, -0.05) is 23.7 Å². The summed E-state index contributed by atoms with van der Waals surface area (Å²) in [6, 6.07) is 7.58. The van der Waals surface area contributed by atoms with Crippen molar-refractivity contribution in [2.24, 2.45) is 0 Å². The fourth-order valence-electron chi connectivity index (χ4n) is 3.02. The highest BCUT2D eigenvalue weighted by Crippen LogP contribution is 2.35. The summed E-state index contributed by atoms with van der Waals surface area (Å²) in [5.41, 5.74) is 1.01. The molecule has 2 N–H and O–H groups in total. The number of carbonyl (C=O) groups excluding carboxylic acids is 1. The molecule has 140 valence electrons. The van der Waals surface area contributed by atoms with Crippen molar-refractivity contribution in [2.75, 3.05) is 0 Å². The Labute approximate surface area is 157 Å². The number of alkyl halides is 2. The number of benzene rings is 2. The number of carboxylic acids is 1. The summed E-state index contributed by atoms with van der Waals surface area (Å²) in [5.74, 6) is -1.85. The van der Waals surface area contributed by atoms with Gasteiger partial charge in [0.05, 0.1) is 17.0 Å². The zero-order valence-corrected chi connectivity index (χ0v) is 14.8. The molecule has 0 aliphatic heterocycles. The number of carboxylic acid groups (broad SMARTS) is 1. The maximum Gasteiger partial charge on any atom is 0.307 e. The Morgan fingerprint density at radius 3 is 2.37 bits per heavy atom. The van der Waals surface area contributed by atoms with Gasteiger partial charge in [0.2, 0.25) is 0 Å². The molecule has 0 amide bonds. The van der Waals surface area contributed by atoms with Crippen LogP contribution in [0.15, 0.2) is 36.4 Å². The highest BCUT2D eigenvalue weighted by molar-refractivity contribution is 6.33. The second-order valence-corrected chi connectivity index (χ2v) is 6.43. The first kappa shape index (κ1) is 18.8. The normalized spacial score (nSPS) is 11.3. The van der Waals surface area contributed by atoms with Gasteiger partial charge in [0.1, 0.15) is 5.75 Å². The summed E-state index contributed by atoms with van der Waals surface area (Å²) in [5, 5.41) is 19.4. The van der Waals surface area contributed by atoms with Gasteiger partial charge < -0.3 is 10.2 Å². The van der Waals surface area contributed by atoms with Crippen molar-refractivity contribution in [2.45, 2.75) is 19.8 Å². The first-order valence-corrected chi connectivity index (χ1v) is 8.25. The molecule has 0 aliphatic rings. The van der Waals surface area contributed by atoms with E-state index in [1.54, 1.807) is 6.92 Å². The summed E-state index contributed by atoms with van der Waals surface area (Å²) >= 11 is 5.96. The fraction of sp³-hybridized carbons (Fsp3) is 0.158. The number of aliphatic carboxylic acids is 1. The smallest absolute Gasteiger partial charge is 0.307 e. The molecule has 1 aromatic heterocycles. The molecule has 0 atom stereocenters. The molecule has 2 aromatic carbocycles. The second kappa shape index (κ2) is 7.00. The van der Waals surface area contributed by atoms with Crippen molar-refractivity contribution in [1.29, 1.82) is 0 Å². The van der Waals surface area contributed by atoms with Gasteiger partial charge in [0.25, 0.3) is 12.3 Å². The van der Waals surface area contributed by atoms with E-state index in [0.717, 1.165) is 12.1 Å². The van der Waals surface area contributed by atoms with Crippen LogP contribution in [0.25, 0.3) is 10.9 Å². The first-order chi connectivity index (χ1) is 12.7. The third kappa shape index (κ3) is 3.38. The van der Waals surface area contributed by atoms with Gasteiger partial charge in [-0.3, -0.25) is 14.2 Å². The van der Waals surface area contributed by atoms with E-state index in [-0.39, 0.29) is 28.3 Å². The molecule has 0 saturated heterocycles. The fourth-order valence-corrected chi connectivity index (χ4v) is 3.18. The molecular formula is C19H14ClF2NO4. The van der Waals surface area contributed by atoms with Crippen LogP contribution < -0.4 is 0 Å². The maximum absolute atomic E-state index is 13.0. The third-order valence-corrected chi connectivity index (χ3v) is 4.65. The molecule has 3 aromatic rings. The van der Waals surface area contributed by atoms with E-state index < -0.39 is 18.3 Å². The standard InChI is InChI=1S/C19H14ClF2NO4/c1-9-12(7-17(25)26)13-6-16(24)14(20)8-15(13)23(9)19(27)11-4-2-10(3-5-11)18(21)22/h2-6,8,18,24H,7H2,1H3,(H,25,26). The number of phenols is 1. The molecular weight excluding hydrogens is 380 g/mol. The van der Waals surface area contributed by atoms with E-state index in [1.165, 1.54) is 28.8 Å². The van der Waals surface area contributed by atoms with Gasteiger partial charge in [-0.2, -0.15) is 0 Å². The van der Waals surface area contributed by atoms with E-state index in [1.807, 2.05) is 0 Å². The number of carbonyl (C=O) groups is 2. The van der Waals surface area contributed by atoms with Crippen molar-refractivity contribution in [1.82, 2.24) is 4.57 Å². The monoisotopic (exact) mass is 393 g/mol. The van der Waals surface area contributed by atoms with Gasteiger partial charge in [-0.25, -0.2) is 8.78 Å². The Kier molecular flexibility index (Phi) is 4.89. The maximum atomic E-state index is 13.0. The summed E-state index contributed by atoms with van der Waals surface area (Å²) < 4.78 is 26.7. The molecule has 0 saturated carbocycles. The predicted octanol–water partition coefficient (Wildman–Crippen LogP) is 4.56. The van der Waals surface area contributed by atoms with Gasteiger partial charge in [-0.15, -0.1) is 0 Å². The van der Waals surface area contributed by atoms with Crippen molar-refractivity contribution in [3.63, 3.8) is 0 Å². The minimum atomic E-state index is -2.65. The van der Waals surface area contributed by atoms with Crippen LogP contribution in [0.2, 0.25) is 5.02 Å². The Bertz CT molecular complexity index is 1060. The SMILES string of the molecule is Cc1c(CC(=O)O)c2cc(O)c(Cl)cc2n1C(=O)c1ccc(C(F)F)cc1. The zero-order valence-electron chi connectivity index (χ0n) is 14.0. The lowest BCUT2D eigenvalue weighted by Crippen LogP contribution is -2.14. The molecule has 0 aliphatic carbocycles. The van der Waals surface area contributed by atoms with Crippen molar-refractivity contribution in [3.05, 3.63) is 63.8 Å². The van der Waals surface area contributed by atoms with Crippen molar-refractivity contribution >= 4 is 34.4 Å². The highest BCUT2D eigenvalue weighted by Gasteiger charge is 2.23. The number of phenolic OH excluding ortho intramolecular Hbond substituents is 1. The molecule has 0 unspecified atom stereocenters. The Hall–Kier alpha value is -2.93. The van der Waals surface area contributed by atoms with E-state index in [2.05, 4.69) is 0 Å². The quantitative estimate of drug-likeness (QED) is 0.681. The molecule has 0 fully saturated rings. The van der Waals surface area contributed by atoms with Gasteiger partial charge in [0, 0.05) is 22.2 Å². The van der Waals surface area contributed by atoms with Crippen LogP contribution in [-0.4, -0.2) is 26.7 Å². The van der Waals surface area contributed by atoms with Crippen LogP contribution in [0.1, 0.15) is 33.6 Å². The molecule has 1 heterocycles. The number of rotatable bonds is 4. The van der Waals surface area contributed by atoms with Gasteiger partial charge in [0.15, 0.2) is 0 Å². The minimum Gasteiger partial charge on any atom is -0.506 e. The number of aromatic nitrogens is 1. The van der Waals surface area contributed by atoms with Gasteiger partial charge in [-0.05, 0) is 36.8 Å². The lowest BCUT2D eigenvalue weighted by atomic mass is 10.1. The average molecular weight is 394 g/mol. The summed E-state index contributed by atoms with van der Waals surface area (Å²) in [6.45, 7) is 1.58. The number of halogens is 3. The molecule has 0 spiro atoms. The van der Waals surface area contributed by atoms with Crippen molar-refractivity contribution < 1.29 is 28.6 Å². The Morgan fingerprint density at radius 1 is 1.19 bits per heavy atom. The molecule has 5 nitrogen and oxygen atoms in total. The lowest BCUT2D eigenvalue weighted by molar-refractivity contribution is -0.136. The van der Waals surface area contributed by atoms with Crippen LogP contribution in [0.3, 0.4) is 0 Å². The zero-order chi connectivity index (χ0) is 19.9. The number of aromatic hydroxyl groups is 1. The second-order valence-electron chi connectivity index (χ2n) is 6.02. The number of hydrogen-bond donors (Lipinski definition) is 2. The minimum absolute atomic E-state index is 0.00368. The first-order valence-electron chi connectivity index (χ1n) is 7.87. The Morgan fingerprint density at radius 2 is 1.81 bits per heavy atom. The molecule has 0 bridgehead atoms. The average Bonchev–Trinajstić information content (AvgIpc) is 2.86. The van der Waals surface area contributed by atoms with E-state index in [0.29, 0.717) is 22.2 Å². The van der Waals surface area contributed by atoms with Gasteiger partial charge >= 0.3 is 5.97 Å². The Balaban J connectivity index is 2.20. The number of fused-ring (bicyclic) bond motifs is 1. The number of nitrogens with zero attached hydrogens (tertiary/aromatic N) is 1. The van der Waals surface area contributed by atoms with E-state index >= 15 is 0 Å². The summed E-state index contributed by atoms with van der Waals surface area (Å²) in [7, 11) is 0. The third-order valence-electron chi connectivity index (χ3n) is 4.34. The molecule has 3 rings (SSSR count). The predicted molar refractivity (Wildman–Crippen MR) is 95.8 cm³/mol. The molecule has 27 heavy (non-hydrogen) atoms. The molecule has 0 radical (unpaired) electrons. The lowest BCUT2D eigenvalue weighted by Gasteiger charge is -2.09. The summed E-state index contributed by atoms with van der Waals surface area (Å²) in [6.07, 6.45) is -3.00. The van der Waals surface area contributed by atoms with Crippen LogP contribution in [-0.2, 0) is 11.2 Å². The van der Waals surface area contributed by atoms with E-state index in [9.17, 15) is 23.5 Å².